The van der Waals surface area contributed by atoms with E-state index in [-0.39, 0.29) is 12.1 Å². The largest absolute Gasteiger partial charge is 0.497 e. The molecule has 0 saturated carbocycles. The fraction of sp³-hybridized carbons (Fsp3) is 0.300. The van der Waals surface area contributed by atoms with Gasteiger partial charge in [-0.05, 0) is 48.7 Å². The molecule has 0 radical (unpaired) electrons. The molecule has 26 heavy (non-hydrogen) atoms. The zero-order chi connectivity index (χ0) is 17.9. The quantitative estimate of drug-likeness (QED) is 0.758. The van der Waals surface area contributed by atoms with Crippen LogP contribution in [0, 0.1) is 0 Å². The van der Waals surface area contributed by atoms with Gasteiger partial charge in [-0.1, -0.05) is 24.3 Å². The summed E-state index contributed by atoms with van der Waals surface area (Å²) in [7, 11) is 1.69. The molecule has 0 spiro atoms. The van der Waals surface area contributed by atoms with E-state index in [1.807, 2.05) is 35.9 Å². The first-order valence-corrected chi connectivity index (χ1v) is 8.81. The minimum absolute atomic E-state index is 0.0976. The van der Waals surface area contributed by atoms with Crippen LogP contribution in [0.5, 0.6) is 11.5 Å². The Morgan fingerprint density at radius 1 is 1.12 bits per heavy atom. The summed E-state index contributed by atoms with van der Waals surface area (Å²) in [6, 6.07) is 16.6. The van der Waals surface area contributed by atoms with Crippen LogP contribution in [0.4, 0.5) is 5.95 Å². The average molecular weight is 350 g/mol. The van der Waals surface area contributed by atoms with Crippen molar-refractivity contribution in [1.82, 2.24) is 14.8 Å². The summed E-state index contributed by atoms with van der Waals surface area (Å²) in [5, 5.41) is 7.91. The maximum absolute atomic E-state index is 5.55. The van der Waals surface area contributed by atoms with E-state index in [1.54, 1.807) is 13.4 Å². The van der Waals surface area contributed by atoms with Crippen LogP contribution in [-0.4, -0.2) is 28.5 Å². The first-order chi connectivity index (χ1) is 12.8. The number of anilines is 1. The Labute approximate surface area is 152 Å². The fourth-order valence-corrected chi connectivity index (χ4v) is 3.43. The Hall–Kier alpha value is -3.02. The summed E-state index contributed by atoms with van der Waals surface area (Å²) in [6.45, 7) is 2.66. The highest BCUT2D eigenvalue weighted by molar-refractivity contribution is 5.40. The molecule has 0 aliphatic carbocycles. The van der Waals surface area contributed by atoms with Crippen molar-refractivity contribution in [2.45, 2.75) is 25.4 Å². The lowest BCUT2D eigenvalue weighted by Gasteiger charge is -2.32. The molecule has 2 atom stereocenters. The molecule has 2 heterocycles. The molecular formula is C20H22N4O2. The molecule has 6 nitrogen and oxygen atoms in total. The van der Waals surface area contributed by atoms with Gasteiger partial charge >= 0.3 is 0 Å². The number of methoxy groups -OCH3 is 1. The van der Waals surface area contributed by atoms with Crippen molar-refractivity contribution in [3.63, 3.8) is 0 Å². The number of nitrogens with zero attached hydrogens (tertiary/aromatic N) is 3. The Kier molecular flexibility index (Phi) is 4.48. The molecule has 3 aromatic rings. The second-order valence-electron chi connectivity index (χ2n) is 6.26. The molecule has 0 unspecified atom stereocenters. The second kappa shape index (κ2) is 7.07. The van der Waals surface area contributed by atoms with Gasteiger partial charge in [-0.2, -0.15) is 10.1 Å². The molecule has 0 saturated heterocycles. The third-order valence-electron chi connectivity index (χ3n) is 4.70. The van der Waals surface area contributed by atoms with Crippen molar-refractivity contribution in [1.29, 1.82) is 0 Å². The Morgan fingerprint density at radius 3 is 2.73 bits per heavy atom. The molecular weight excluding hydrogens is 328 g/mol. The molecule has 1 aliphatic heterocycles. The molecule has 1 aromatic heterocycles. The highest BCUT2D eigenvalue weighted by Crippen LogP contribution is 2.38. The number of rotatable bonds is 5. The van der Waals surface area contributed by atoms with Gasteiger partial charge in [-0.15, -0.1) is 0 Å². The van der Waals surface area contributed by atoms with Crippen LogP contribution >= 0.6 is 0 Å². The van der Waals surface area contributed by atoms with E-state index in [4.69, 9.17) is 9.47 Å². The summed E-state index contributed by atoms with van der Waals surface area (Å²) in [4.78, 5) is 4.38. The third kappa shape index (κ3) is 3.10. The zero-order valence-electron chi connectivity index (χ0n) is 14.9. The Bertz CT molecular complexity index is 876. The summed E-state index contributed by atoms with van der Waals surface area (Å²) < 4.78 is 12.9. The zero-order valence-corrected chi connectivity index (χ0v) is 14.9. The molecule has 4 rings (SSSR count). The summed E-state index contributed by atoms with van der Waals surface area (Å²) in [6.07, 6.45) is 2.47. The van der Waals surface area contributed by atoms with Gasteiger partial charge in [0.2, 0.25) is 5.95 Å². The number of hydrogen-bond acceptors (Lipinski definition) is 5. The van der Waals surface area contributed by atoms with Gasteiger partial charge in [0, 0.05) is 0 Å². The fourth-order valence-electron chi connectivity index (χ4n) is 3.43. The Balaban J connectivity index is 1.65. The lowest BCUT2D eigenvalue weighted by atomic mass is 9.93. The van der Waals surface area contributed by atoms with Gasteiger partial charge in [-0.25, -0.2) is 4.68 Å². The molecule has 0 amide bonds. The molecule has 1 N–H and O–H groups in total. The van der Waals surface area contributed by atoms with Gasteiger partial charge < -0.3 is 14.8 Å². The molecule has 2 aromatic carbocycles. The van der Waals surface area contributed by atoms with Gasteiger partial charge in [0.25, 0.3) is 0 Å². The van der Waals surface area contributed by atoms with Gasteiger partial charge in [-0.3, -0.25) is 0 Å². The van der Waals surface area contributed by atoms with Crippen molar-refractivity contribution >= 4 is 5.95 Å². The van der Waals surface area contributed by atoms with Crippen molar-refractivity contribution in [3.05, 3.63) is 66.0 Å². The topological polar surface area (TPSA) is 61.2 Å². The van der Waals surface area contributed by atoms with E-state index in [9.17, 15) is 0 Å². The van der Waals surface area contributed by atoms with E-state index < -0.39 is 0 Å². The van der Waals surface area contributed by atoms with Crippen molar-refractivity contribution in [3.8, 4) is 11.5 Å². The highest BCUT2D eigenvalue weighted by atomic mass is 16.5. The van der Waals surface area contributed by atoms with Gasteiger partial charge in [0.15, 0.2) is 0 Å². The van der Waals surface area contributed by atoms with Crippen LogP contribution in [0.25, 0.3) is 0 Å². The van der Waals surface area contributed by atoms with Gasteiger partial charge in [0.1, 0.15) is 17.8 Å². The lowest BCUT2D eigenvalue weighted by Crippen LogP contribution is -2.28. The molecule has 134 valence electrons. The average Bonchev–Trinajstić information content (AvgIpc) is 3.17. The minimum atomic E-state index is 0.0976. The normalized spacial score (nSPS) is 18.7. The number of hydrogen-bond donors (Lipinski definition) is 1. The smallest absolute Gasteiger partial charge is 0.222 e. The molecule has 6 heteroatoms. The van der Waals surface area contributed by atoms with E-state index in [0.29, 0.717) is 6.61 Å². The number of aromatic nitrogens is 3. The summed E-state index contributed by atoms with van der Waals surface area (Å²) in [5.41, 5.74) is 2.36. The standard InChI is InChI=1S/C20H22N4O2/c1-3-26-16-9-7-14(8-10-16)18-12-19(24-20(23-18)21-13-22-24)15-5-4-6-17(11-15)25-2/h4-11,13,18-19H,3,12H2,1-2H3,(H,21,22,23)/t18-,19-/m1/s1. The summed E-state index contributed by atoms with van der Waals surface area (Å²) in [5.74, 6) is 2.52. The third-order valence-corrected chi connectivity index (χ3v) is 4.70. The van der Waals surface area contributed by atoms with Crippen molar-refractivity contribution < 1.29 is 9.47 Å². The first kappa shape index (κ1) is 16.4. The SMILES string of the molecule is CCOc1ccc([C@H]2C[C@H](c3cccc(OC)c3)n3ncnc3N2)cc1. The minimum Gasteiger partial charge on any atom is -0.497 e. The van der Waals surface area contributed by atoms with E-state index in [2.05, 4.69) is 39.7 Å². The second-order valence-corrected chi connectivity index (χ2v) is 6.26. The maximum Gasteiger partial charge on any atom is 0.222 e. The van der Waals surface area contributed by atoms with E-state index in [0.717, 1.165) is 29.4 Å². The molecule has 0 fully saturated rings. The Morgan fingerprint density at radius 2 is 1.96 bits per heavy atom. The number of nitrogens with one attached hydrogen (secondary N) is 1. The van der Waals surface area contributed by atoms with Crippen LogP contribution in [0.15, 0.2) is 54.9 Å². The highest BCUT2D eigenvalue weighted by Gasteiger charge is 2.30. The van der Waals surface area contributed by atoms with Crippen LogP contribution in [0.3, 0.4) is 0 Å². The van der Waals surface area contributed by atoms with Gasteiger partial charge in [0.05, 0.1) is 25.8 Å². The predicted molar refractivity (Wildman–Crippen MR) is 99.7 cm³/mol. The first-order valence-electron chi connectivity index (χ1n) is 8.81. The summed E-state index contributed by atoms with van der Waals surface area (Å²) >= 11 is 0. The van der Waals surface area contributed by atoms with Crippen LogP contribution in [0.2, 0.25) is 0 Å². The number of ether oxygens (including phenoxy) is 2. The monoisotopic (exact) mass is 350 g/mol. The van der Waals surface area contributed by atoms with Crippen molar-refractivity contribution in [2.75, 3.05) is 19.0 Å². The van der Waals surface area contributed by atoms with Crippen LogP contribution < -0.4 is 14.8 Å². The van der Waals surface area contributed by atoms with Crippen molar-refractivity contribution in [2.24, 2.45) is 0 Å². The van der Waals surface area contributed by atoms with Crippen LogP contribution in [0.1, 0.15) is 36.6 Å². The number of benzene rings is 2. The van der Waals surface area contributed by atoms with E-state index in [1.165, 1.54) is 5.56 Å². The molecule has 0 bridgehead atoms. The molecule has 1 aliphatic rings. The van der Waals surface area contributed by atoms with Crippen LogP contribution in [-0.2, 0) is 0 Å². The predicted octanol–water partition coefficient (Wildman–Crippen LogP) is 3.83. The van der Waals surface area contributed by atoms with E-state index >= 15 is 0 Å². The number of fused-ring (bicyclic) bond motifs is 1. The lowest BCUT2D eigenvalue weighted by molar-refractivity contribution is 0.340. The maximum atomic E-state index is 5.55.